The van der Waals surface area contributed by atoms with Gasteiger partial charge in [-0.3, -0.25) is 14.6 Å². The Hall–Kier alpha value is -3.25. The molecule has 0 aliphatic carbocycles. The molecule has 136 valence electrons. The molecule has 0 radical (unpaired) electrons. The predicted octanol–water partition coefficient (Wildman–Crippen LogP) is 4.06. The molecular formula is C20H15ClFN3O2. The topological polar surface area (TPSA) is 71.1 Å². The summed E-state index contributed by atoms with van der Waals surface area (Å²) in [6, 6.07) is 15.8. The Balaban J connectivity index is 1.69. The number of halogens is 2. The number of nitrogens with zero attached hydrogens (tertiary/aromatic N) is 1. The first kappa shape index (κ1) is 18.5. The summed E-state index contributed by atoms with van der Waals surface area (Å²) in [6.07, 6.45) is 1.36. The second-order valence-electron chi connectivity index (χ2n) is 5.64. The molecule has 5 nitrogen and oxygen atoms in total. The van der Waals surface area contributed by atoms with Gasteiger partial charge < -0.3 is 10.6 Å². The van der Waals surface area contributed by atoms with Gasteiger partial charge >= 0.3 is 0 Å². The summed E-state index contributed by atoms with van der Waals surface area (Å²) in [5.74, 6) is -1.34. The Morgan fingerprint density at radius 3 is 2.52 bits per heavy atom. The second kappa shape index (κ2) is 8.42. The summed E-state index contributed by atoms with van der Waals surface area (Å²) in [4.78, 5) is 28.6. The standard InChI is InChI=1S/C20H15ClFN3O2/c21-15-6-2-4-8-17(15)25-19(26)13-9-10-23-18(11-13)20(27)24-12-14-5-1-3-7-16(14)22/h1-11H,12H2,(H,24,27)(H,25,26). The van der Waals surface area contributed by atoms with Crippen molar-refractivity contribution in [3.63, 3.8) is 0 Å². The molecular weight excluding hydrogens is 369 g/mol. The first-order chi connectivity index (χ1) is 13.0. The van der Waals surface area contributed by atoms with Crippen LogP contribution in [0, 0.1) is 5.82 Å². The number of nitrogens with one attached hydrogen (secondary N) is 2. The lowest BCUT2D eigenvalue weighted by atomic mass is 10.2. The van der Waals surface area contributed by atoms with E-state index < -0.39 is 17.6 Å². The number of hydrogen-bond donors (Lipinski definition) is 2. The van der Waals surface area contributed by atoms with Crippen molar-refractivity contribution in [2.24, 2.45) is 0 Å². The highest BCUT2D eigenvalue weighted by Gasteiger charge is 2.13. The highest BCUT2D eigenvalue weighted by atomic mass is 35.5. The minimum atomic E-state index is -0.509. The van der Waals surface area contributed by atoms with Crippen LogP contribution in [0.5, 0.6) is 0 Å². The highest BCUT2D eigenvalue weighted by Crippen LogP contribution is 2.21. The van der Waals surface area contributed by atoms with Crippen LogP contribution in [-0.2, 0) is 6.54 Å². The zero-order valence-corrected chi connectivity index (χ0v) is 14.8. The van der Waals surface area contributed by atoms with Crippen LogP contribution in [0.4, 0.5) is 10.1 Å². The molecule has 3 rings (SSSR count). The van der Waals surface area contributed by atoms with Gasteiger partial charge in [0.1, 0.15) is 11.5 Å². The molecule has 0 fully saturated rings. The summed E-state index contributed by atoms with van der Waals surface area (Å²) in [5.41, 5.74) is 1.13. The molecule has 3 aromatic rings. The zero-order chi connectivity index (χ0) is 19.2. The Bertz CT molecular complexity index is 994. The molecule has 0 aliphatic rings. The number of amides is 2. The van der Waals surface area contributed by atoms with Crippen LogP contribution >= 0.6 is 11.6 Å². The van der Waals surface area contributed by atoms with Crippen molar-refractivity contribution in [1.82, 2.24) is 10.3 Å². The van der Waals surface area contributed by atoms with Gasteiger partial charge in [-0.1, -0.05) is 41.9 Å². The molecule has 0 saturated carbocycles. The number of pyridine rings is 1. The molecule has 0 bridgehead atoms. The van der Waals surface area contributed by atoms with Crippen LogP contribution in [0.15, 0.2) is 66.9 Å². The Morgan fingerprint density at radius 1 is 1.00 bits per heavy atom. The zero-order valence-electron chi connectivity index (χ0n) is 14.1. The molecule has 0 saturated heterocycles. The number of benzene rings is 2. The van der Waals surface area contributed by atoms with Crippen LogP contribution in [-0.4, -0.2) is 16.8 Å². The first-order valence-electron chi connectivity index (χ1n) is 8.08. The first-order valence-corrected chi connectivity index (χ1v) is 8.46. The molecule has 0 aliphatic heterocycles. The number of aromatic nitrogens is 1. The molecule has 1 aromatic heterocycles. The van der Waals surface area contributed by atoms with Crippen LogP contribution in [0.3, 0.4) is 0 Å². The third kappa shape index (κ3) is 4.68. The Labute approximate surface area is 160 Å². The molecule has 27 heavy (non-hydrogen) atoms. The summed E-state index contributed by atoms with van der Waals surface area (Å²) in [6.45, 7) is 0.0171. The quantitative estimate of drug-likeness (QED) is 0.698. The van der Waals surface area contributed by atoms with Gasteiger partial charge in [0.15, 0.2) is 0 Å². The fourth-order valence-electron chi connectivity index (χ4n) is 2.36. The fourth-order valence-corrected chi connectivity index (χ4v) is 2.54. The van der Waals surface area contributed by atoms with E-state index in [1.165, 1.54) is 24.4 Å². The maximum Gasteiger partial charge on any atom is 0.270 e. The average Bonchev–Trinajstić information content (AvgIpc) is 2.69. The average molecular weight is 384 g/mol. The second-order valence-corrected chi connectivity index (χ2v) is 6.05. The van der Waals surface area contributed by atoms with E-state index >= 15 is 0 Å². The van der Waals surface area contributed by atoms with E-state index in [1.54, 1.807) is 42.5 Å². The number of para-hydroxylation sites is 1. The molecule has 2 aromatic carbocycles. The number of anilines is 1. The van der Waals surface area contributed by atoms with E-state index in [2.05, 4.69) is 15.6 Å². The van der Waals surface area contributed by atoms with Gasteiger partial charge in [-0.2, -0.15) is 0 Å². The minimum absolute atomic E-state index is 0.0171. The summed E-state index contributed by atoms with van der Waals surface area (Å²) in [5, 5.41) is 5.67. The number of rotatable bonds is 5. The lowest BCUT2D eigenvalue weighted by Crippen LogP contribution is -2.25. The SMILES string of the molecule is O=C(Nc1ccccc1Cl)c1ccnc(C(=O)NCc2ccccc2F)c1. The van der Waals surface area contributed by atoms with Gasteiger partial charge in [-0.25, -0.2) is 4.39 Å². The van der Waals surface area contributed by atoms with Crippen LogP contribution < -0.4 is 10.6 Å². The molecule has 2 N–H and O–H groups in total. The van der Waals surface area contributed by atoms with E-state index in [1.807, 2.05) is 0 Å². The maximum atomic E-state index is 13.6. The van der Waals surface area contributed by atoms with Crippen molar-refractivity contribution in [2.45, 2.75) is 6.54 Å². The van der Waals surface area contributed by atoms with Gasteiger partial charge in [0.2, 0.25) is 0 Å². The molecule has 7 heteroatoms. The van der Waals surface area contributed by atoms with Crippen molar-refractivity contribution < 1.29 is 14.0 Å². The van der Waals surface area contributed by atoms with E-state index in [0.29, 0.717) is 16.3 Å². The van der Waals surface area contributed by atoms with Gasteiger partial charge in [-0.15, -0.1) is 0 Å². The normalized spacial score (nSPS) is 10.3. The third-order valence-corrected chi connectivity index (χ3v) is 4.10. The minimum Gasteiger partial charge on any atom is -0.347 e. The lowest BCUT2D eigenvalue weighted by molar-refractivity contribution is 0.0945. The van der Waals surface area contributed by atoms with Crippen molar-refractivity contribution in [3.05, 3.63) is 94.5 Å². The van der Waals surface area contributed by atoms with Crippen molar-refractivity contribution in [3.8, 4) is 0 Å². The molecule has 0 atom stereocenters. The monoisotopic (exact) mass is 383 g/mol. The third-order valence-electron chi connectivity index (χ3n) is 3.77. The van der Waals surface area contributed by atoms with E-state index in [4.69, 9.17) is 11.6 Å². The number of carbonyl (C=O) groups excluding carboxylic acids is 2. The van der Waals surface area contributed by atoms with Gasteiger partial charge in [0.05, 0.1) is 10.7 Å². The maximum absolute atomic E-state index is 13.6. The summed E-state index contributed by atoms with van der Waals surface area (Å²) in [7, 11) is 0. The largest absolute Gasteiger partial charge is 0.347 e. The van der Waals surface area contributed by atoms with Crippen molar-refractivity contribution >= 4 is 29.1 Å². The van der Waals surface area contributed by atoms with Crippen molar-refractivity contribution in [2.75, 3.05) is 5.32 Å². The van der Waals surface area contributed by atoms with Crippen LogP contribution in [0.1, 0.15) is 26.4 Å². The number of carbonyl (C=O) groups is 2. The van der Waals surface area contributed by atoms with Gasteiger partial charge in [0.25, 0.3) is 11.8 Å². The number of hydrogen-bond acceptors (Lipinski definition) is 3. The fraction of sp³-hybridized carbons (Fsp3) is 0.0500. The highest BCUT2D eigenvalue weighted by molar-refractivity contribution is 6.33. The van der Waals surface area contributed by atoms with Crippen LogP contribution in [0.2, 0.25) is 5.02 Å². The van der Waals surface area contributed by atoms with Crippen molar-refractivity contribution in [1.29, 1.82) is 0 Å². The lowest BCUT2D eigenvalue weighted by Gasteiger charge is -2.09. The van der Waals surface area contributed by atoms with E-state index in [-0.39, 0.29) is 17.8 Å². The summed E-state index contributed by atoms with van der Waals surface area (Å²) < 4.78 is 13.6. The molecule has 2 amide bonds. The predicted molar refractivity (Wildman–Crippen MR) is 101 cm³/mol. The smallest absolute Gasteiger partial charge is 0.270 e. The van der Waals surface area contributed by atoms with Crippen LogP contribution in [0.25, 0.3) is 0 Å². The van der Waals surface area contributed by atoms with E-state index in [9.17, 15) is 14.0 Å². The van der Waals surface area contributed by atoms with Gasteiger partial charge in [0, 0.05) is 23.9 Å². The van der Waals surface area contributed by atoms with E-state index in [0.717, 1.165) is 0 Å². The molecule has 1 heterocycles. The molecule has 0 unspecified atom stereocenters. The molecule has 0 spiro atoms. The Morgan fingerprint density at radius 2 is 1.74 bits per heavy atom. The van der Waals surface area contributed by atoms with Gasteiger partial charge in [-0.05, 0) is 30.3 Å². The summed E-state index contributed by atoms with van der Waals surface area (Å²) >= 11 is 6.03. The Kier molecular flexibility index (Phi) is 5.78.